The van der Waals surface area contributed by atoms with Crippen LogP contribution in [0, 0.1) is 5.92 Å². The minimum atomic E-state index is 0.302. The van der Waals surface area contributed by atoms with Gasteiger partial charge in [0.15, 0.2) is 5.65 Å². The van der Waals surface area contributed by atoms with Crippen molar-refractivity contribution in [3.63, 3.8) is 0 Å². The van der Waals surface area contributed by atoms with Crippen molar-refractivity contribution in [2.75, 3.05) is 45.6 Å². The van der Waals surface area contributed by atoms with Gasteiger partial charge in [-0.1, -0.05) is 24.3 Å². The van der Waals surface area contributed by atoms with Crippen molar-refractivity contribution in [3.05, 3.63) is 60.2 Å². The third kappa shape index (κ3) is 5.30. The summed E-state index contributed by atoms with van der Waals surface area (Å²) in [6, 6.07) is 15.3. The Balaban J connectivity index is 1.02. The molecule has 3 fully saturated rings. The molecule has 2 saturated carbocycles. The average molecular weight is 592 g/mol. The highest BCUT2D eigenvalue weighted by Crippen LogP contribution is 2.38. The van der Waals surface area contributed by atoms with Gasteiger partial charge in [-0.15, -0.1) is 0 Å². The molecule has 5 aromatic rings. The molecule has 10 heteroatoms. The van der Waals surface area contributed by atoms with Crippen molar-refractivity contribution in [2.24, 2.45) is 5.92 Å². The molecular formula is C34H41N9O. The molecule has 8 rings (SSSR count). The Morgan fingerprint density at radius 3 is 2.52 bits per heavy atom. The lowest BCUT2D eigenvalue weighted by atomic mass is 9.90. The number of ether oxygens (including phenoxy) is 1. The second-order valence-corrected chi connectivity index (χ2v) is 12.9. The second kappa shape index (κ2) is 11.5. The summed E-state index contributed by atoms with van der Waals surface area (Å²) in [5.41, 5.74) is 12.1. The molecule has 0 amide bonds. The van der Waals surface area contributed by atoms with Gasteiger partial charge < -0.3 is 20.4 Å². The zero-order valence-corrected chi connectivity index (χ0v) is 25.5. The van der Waals surface area contributed by atoms with Crippen molar-refractivity contribution < 1.29 is 4.74 Å². The van der Waals surface area contributed by atoms with Gasteiger partial charge in [0.2, 0.25) is 0 Å². The van der Waals surface area contributed by atoms with Gasteiger partial charge in [0, 0.05) is 56.3 Å². The van der Waals surface area contributed by atoms with Gasteiger partial charge in [-0.25, -0.2) is 19.6 Å². The largest absolute Gasteiger partial charge is 0.496 e. The molecule has 10 nitrogen and oxygen atoms in total. The second-order valence-electron chi connectivity index (χ2n) is 12.9. The fourth-order valence-corrected chi connectivity index (χ4v) is 7.42. The fraction of sp³-hybridized carbons (Fsp3) is 0.471. The van der Waals surface area contributed by atoms with Crippen LogP contribution in [0.1, 0.15) is 56.0 Å². The fourth-order valence-electron chi connectivity index (χ4n) is 7.42. The van der Waals surface area contributed by atoms with Gasteiger partial charge >= 0.3 is 0 Å². The number of para-hydroxylation sites is 1. The number of nitrogen functional groups attached to an aromatic ring is 1. The summed E-state index contributed by atoms with van der Waals surface area (Å²) >= 11 is 0. The third-order valence-electron chi connectivity index (χ3n) is 10.0. The molecule has 1 aliphatic heterocycles. The Morgan fingerprint density at radius 1 is 0.932 bits per heavy atom. The number of H-pyrrole nitrogens is 1. The summed E-state index contributed by atoms with van der Waals surface area (Å²) in [6.45, 7) is 6.18. The van der Waals surface area contributed by atoms with E-state index >= 15 is 0 Å². The smallest absolute Gasteiger partial charge is 0.164 e. The molecule has 3 aromatic heterocycles. The average Bonchev–Trinajstić information content (AvgIpc) is 3.64. The van der Waals surface area contributed by atoms with Gasteiger partial charge in [0.25, 0.3) is 0 Å². The first kappa shape index (κ1) is 27.5. The van der Waals surface area contributed by atoms with Gasteiger partial charge in [-0.2, -0.15) is 5.10 Å². The number of hydrogen-bond donors (Lipinski definition) is 2. The van der Waals surface area contributed by atoms with Gasteiger partial charge in [0.1, 0.15) is 29.4 Å². The number of aromatic nitrogens is 6. The molecule has 0 radical (unpaired) electrons. The number of aromatic amines is 1. The minimum Gasteiger partial charge on any atom is -0.496 e. The van der Waals surface area contributed by atoms with Crippen LogP contribution in [0.15, 0.2) is 48.8 Å². The van der Waals surface area contributed by atoms with E-state index in [0.29, 0.717) is 24.3 Å². The molecule has 2 aliphatic carbocycles. The summed E-state index contributed by atoms with van der Waals surface area (Å²) in [5.74, 6) is 3.20. The molecule has 2 aromatic carbocycles. The highest BCUT2D eigenvalue weighted by Gasteiger charge is 2.32. The molecule has 1 saturated heterocycles. The molecule has 44 heavy (non-hydrogen) atoms. The molecule has 3 aliphatic rings. The van der Waals surface area contributed by atoms with E-state index in [1.165, 1.54) is 58.4 Å². The summed E-state index contributed by atoms with van der Waals surface area (Å²) < 4.78 is 7.68. The van der Waals surface area contributed by atoms with Crippen molar-refractivity contribution in [3.8, 4) is 17.0 Å². The van der Waals surface area contributed by atoms with Crippen LogP contribution in [0.2, 0.25) is 0 Å². The van der Waals surface area contributed by atoms with Crippen LogP contribution < -0.4 is 10.5 Å². The first-order valence-electron chi connectivity index (χ1n) is 16.2. The zero-order chi connectivity index (χ0) is 29.6. The highest BCUT2D eigenvalue weighted by atomic mass is 16.5. The number of fused-ring (bicyclic) bond motifs is 2. The van der Waals surface area contributed by atoms with Crippen molar-refractivity contribution in [2.45, 2.75) is 57.0 Å². The van der Waals surface area contributed by atoms with Crippen LogP contribution >= 0.6 is 0 Å². The van der Waals surface area contributed by atoms with Crippen LogP contribution in [-0.2, 0) is 6.42 Å². The normalized spacial score (nSPS) is 21.8. The predicted octanol–water partition coefficient (Wildman–Crippen LogP) is 5.06. The number of piperazine rings is 1. The van der Waals surface area contributed by atoms with E-state index in [1.807, 2.05) is 24.3 Å². The molecule has 4 heterocycles. The third-order valence-corrected chi connectivity index (χ3v) is 10.0. The molecule has 0 atom stereocenters. The summed E-state index contributed by atoms with van der Waals surface area (Å²) in [6.07, 6.45) is 9.68. The van der Waals surface area contributed by atoms with E-state index in [0.717, 1.165) is 69.2 Å². The zero-order valence-electron chi connectivity index (χ0n) is 25.5. The summed E-state index contributed by atoms with van der Waals surface area (Å²) in [5, 5.41) is 6.02. The number of rotatable bonds is 8. The van der Waals surface area contributed by atoms with E-state index in [1.54, 1.807) is 13.4 Å². The Kier molecular flexibility index (Phi) is 7.18. The number of imidazole rings is 1. The quantitative estimate of drug-likeness (QED) is 0.257. The molecule has 228 valence electrons. The van der Waals surface area contributed by atoms with E-state index < -0.39 is 0 Å². The van der Waals surface area contributed by atoms with E-state index in [2.05, 4.69) is 42.6 Å². The van der Waals surface area contributed by atoms with Crippen LogP contribution in [0.5, 0.6) is 5.75 Å². The van der Waals surface area contributed by atoms with Crippen molar-refractivity contribution in [1.29, 1.82) is 0 Å². The maximum absolute atomic E-state index is 6.48. The van der Waals surface area contributed by atoms with Crippen molar-refractivity contribution in [1.82, 2.24) is 39.5 Å². The van der Waals surface area contributed by atoms with Gasteiger partial charge in [-0.05, 0) is 62.6 Å². The molecule has 0 bridgehead atoms. The molecule has 0 unspecified atom stereocenters. The molecule has 0 spiro atoms. The number of nitrogens with two attached hydrogens (primary N) is 1. The summed E-state index contributed by atoms with van der Waals surface area (Å²) in [7, 11) is 1.70. The first-order valence-corrected chi connectivity index (χ1v) is 16.2. The Labute approximate surface area is 257 Å². The van der Waals surface area contributed by atoms with Crippen molar-refractivity contribution >= 4 is 27.9 Å². The predicted molar refractivity (Wildman–Crippen MR) is 173 cm³/mol. The van der Waals surface area contributed by atoms with Crippen LogP contribution in [0.3, 0.4) is 0 Å². The van der Waals surface area contributed by atoms with E-state index in [-0.39, 0.29) is 0 Å². The maximum atomic E-state index is 6.48. The monoisotopic (exact) mass is 591 g/mol. The Morgan fingerprint density at radius 2 is 1.73 bits per heavy atom. The standard InChI is InChI=1S/C34H41N9O/c1-44-29-5-3-2-4-23(29)19-30-38-27-13-8-24(18-28(27)39-30)32-31-33(35)36-21-37-34(31)43(40-32)26-11-9-25(10-12-26)42-16-14-41(15-17-42)20-22-6-7-22/h2-5,8,13,18,21-22,25-26H,6-7,9-12,14-17,19-20H2,1H3,(H,38,39)(H2,35,36,37)/t25-,26+. The SMILES string of the molecule is COc1ccccc1Cc1nc2ccc(-c3nn([C@H]4CC[C@@H](N5CCN(CC6CC6)CC5)CC4)c4ncnc(N)c34)cc2[nH]1. The number of nitrogens with zero attached hydrogens (tertiary/aromatic N) is 7. The Bertz CT molecular complexity index is 1770. The number of nitrogens with one attached hydrogen (secondary N) is 1. The lowest BCUT2D eigenvalue weighted by molar-refractivity contribution is 0.0689. The Hall–Kier alpha value is -4.02. The van der Waals surface area contributed by atoms with E-state index in [9.17, 15) is 0 Å². The number of anilines is 1. The number of hydrogen-bond acceptors (Lipinski definition) is 8. The van der Waals surface area contributed by atoms with E-state index in [4.69, 9.17) is 25.5 Å². The summed E-state index contributed by atoms with van der Waals surface area (Å²) in [4.78, 5) is 22.8. The van der Waals surface area contributed by atoms with Crippen LogP contribution in [0.4, 0.5) is 5.82 Å². The highest BCUT2D eigenvalue weighted by molar-refractivity contribution is 5.99. The number of benzene rings is 2. The molecular weight excluding hydrogens is 550 g/mol. The van der Waals surface area contributed by atoms with Gasteiger partial charge in [-0.3, -0.25) is 4.90 Å². The molecule has 3 N–H and O–H groups in total. The number of methoxy groups -OCH3 is 1. The topological polar surface area (TPSA) is 114 Å². The van der Waals surface area contributed by atoms with Crippen LogP contribution in [-0.4, -0.2) is 85.4 Å². The van der Waals surface area contributed by atoms with Crippen LogP contribution in [0.25, 0.3) is 33.3 Å². The lowest BCUT2D eigenvalue weighted by Crippen LogP contribution is -2.51. The maximum Gasteiger partial charge on any atom is 0.164 e. The minimum absolute atomic E-state index is 0.302. The lowest BCUT2D eigenvalue weighted by Gasteiger charge is -2.42. The van der Waals surface area contributed by atoms with Gasteiger partial charge in [0.05, 0.1) is 29.6 Å². The first-order chi connectivity index (χ1) is 21.6.